The molecule has 0 bridgehead atoms. The Morgan fingerprint density at radius 2 is 1.75 bits per heavy atom. The summed E-state index contributed by atoms with van der Waals surface area (Å²) < 4.78 is 7.67. The van der Waals surface area contributed by atoms with Gasteiger partial charge in [0.05, 0.1) is 13.2 Å². The number of hydrogen-bond donors (Lipinski definition) is 0. The van der Waals surface area contributed by atoms with Gasteiger partial charge >= 0.3 is 0 Å². The summed E-state index contributed by atoms with van der Waals surface area (Å²) in [6.45, 7) is 9.09. The third-order valence-electron chi connectivity index (χ3n) is 6.01. The molecule has 2 aromatic rings. The lowest BCUT2D eigenvalue weighted by atomic mass is 9.95. The van der Waals surface area contributed by atoms with Crippen LogP contribution in [0.5, 0.6) is 5.88 Å². The first kappa shape index (κ1) is 19.3. The molecule has 0 unspecified atom stereocenters. The second kappa shape index (κ2) is 9.01. The zero-order chi connectivity index (χ0) is 19.3. The smallest absolute Gasteiger partial charge is 0.213 e. The number of aromatic nitrogens is 4. The van der Waals surface area contributed by atoms with Gasteiger partial charge in [0.2, 0.25) is 5.88 Å². The quantitative estimate of drug-likeness (QED) is 0.731. The summed E-state index contributed by atoms with van der Waals surface area (Å²) in [5.41, 5.74) is 1.24. The topological polar surface area (TPSA) is 59.3 Å². The van der Waals surface area contributed by atoms with Gasteiger partial charge in [0, 0.05) is 31.8 Å². The Kier molecular flexibility index (Phi) is 6.22. The van der Waals surface area contributed by atoms with Crippen LogP contribution in [0, 0.1) is 0 Å². The van der Waals surface area contributed by atoms with Crippen molar-refractivity contribution >= 4 is 0 Å². The molecule has 2 aliphatic heterocycles. The number of nitrogens with zero attached hydrogens (tertiary/aromatic N) is 6. The largest absolute Gasteiger partial charge is 0.478 e. The lowest BCUT2D eigenvalue weighted by Crippen LogP contribution is -2.33. The van der Waals surface area contributed by atoms with Crippen molar-refractivity contribution in [2.24, 2.45) is 7.05 Å². The first-order valence-electron chi connectivity index (χ1n) is 10.6. The molecule has 0 radical (unpaired) electrons. The molecule has 2 saturated heterocycles. The van der Waals surface area contributed by atoms with Crippen LogP contribution in [-0.2, 0) is 20.1 Å². The number of piperidine rings is 1. The molecule has 0 atom stereocenters. The van der Waals surface area contributed by atoms with E-state index in [9.17, 15) is 0 Å². The second-order valence-electron chi connectivity index (χ2n) is 8.00. The number of likely N-dealkylation sites (tertiary alicyclic amines) is 2. The van der Waals surface area contributed by atoms with Crippen molar-refractivity contribution in [1.29, 1.82) is 0 Å². The first-order chi connectivity index (χ1) is 13.7. The number of ether oxygens (including phenoxy) is 1. The molecule has 2 aliphatic rings. The van der Waals surface area contributed by atoms with Gasteiger partial charge in [-0.1, -0.05) is 6.07 Å². The molecule has 7 nitrogen and oxygen atoms in total. The minimum absolute atomic E-state index is 0.513. The minimum atomic E-state index is 0.513. The van der Waals surface area contributed by atoms with Crippen molar-refractivity contribution in [2.45, 2.75) is 51.6 Å². The Morgan fingerprint density at radius 3 is 2.43 bits per heavy atom. The highest BCUT2D eigenvalue weighted by Gasteiger charge is 2.26. The Balaban J connectivity index is 1.29. The van der Waals surface area contributed by atoms with Crippen LogP contribution in [-0.4, -0.2) is 62.3 Å². The van der Waals surface area contributed by atoms with Crippen LogP contribution in [0.3, 0.4) is 0 Å². The van der Waals surface area contributed by atoms with Gasteiger partial charge in [-0.2, -0.15) is 0 Å². The predicted molar refractivity (Wildman–Crippen MR) is 108 cm³/mol. The van der Waals surface area contributed by atoms with Gasteiger partial charge in [0.1, 0.15) is 11.6 Å². The molecular weight excluding hydrogens is 352 g/mol. The Bertz CT molecular complexity index is 745. The van der Waals surface area contributed by atoms with Crippen LogP contribution in [0.2, 0.25) is 0 Å². The van der Waals surface area contributed by atoms with Crippen molar-refractivity contribution in [2.75, 3.05) is 32.8 Å². The van der Waals surface area contributed by atoms with Gasteiger partial charge in [0.15, 0.2) is 0 Å². The fraction of sp³-hybridized carbons (Fsp3) is 0.667. The summed E-state index contributed by atoms with van der Waals surface area (Å²) in [6.07, 6.45) is 6.84. The van der Waals surface area contributed by atoms with E-state index in [1.54, 1.807) is 0 Å². The summed E-state index contributed by atoms with van der Waals surface area (Å²) in [6, 6.07) is 4.09. The molecule has 0 saturated carbocycles. The van der Waals surface area contributed by atoms with Gasteiger partial charge in [-0.3, -0.25) is 9.80 Å². The van der Waals surface area contributed by atoms with E-state index in [-0.39, 0.29) is 0 Å². The molecule has 0 aromatic carbocycles. The van der Waals surface area contributed by atoms with Crippen LogP contribution in [0.1, 0.15) is 55.7 Å². The molecule has 0 amide bonds. The fourth-order valence-electron chi connectivity index (χ4n) is 4.35. The van der Waals surface area contributed by atoms with Gasteiger partial charge in [0.25, 0.3) is 0 Å². The van der Waals surface area contributed by atoms with E-state index in [1.165, 1.54) is 31.5 Å². The molecule has 0 aliphatic carbocycles. The van der Waals surface area contributed by atoms with Crippen LogP contribution in [0.15, 0.2) is 18.3 Å². The van der Waals surface area contributed by atoms with E-state index >= 15 is 0 Å². The summed E-state index contributed by atoms with van der Waals surface area (Å²) in [5.74, 6) is 3.49. The lowest BCUT2D eigenvalue weighted by Gasteiger charge is -2.31. The average molecular weight is 385 g/mol. The Morgan fingerprint density at radius 1 is 1.00 bits per heavy atom. The molecule has 4 heterocycles. The number of hydrogen-bond acceptors (Lipinski definition) is 6. The number of rotatable bonds is 7. The van der Waals surface area contributed by atoms with Crippen molar-refractivity contribution in [3.63, 3.8) is 0 Å². The Labute approximate surface area is 167 Å². The first-order valence-corrected chi connectivity index (χ1v) is 10.6. The van der Waals surface area contributed by atoms with E-state index in [0.717, 1.165) is 50.7 Å². The summed E-state index contributed by atoms with van der Waals surface area (Å²) in [5, 5.41) is 9.06. The van der Waals surface area contributed by atoms with Crippen LogP contribution in [0.25, 0.3) is 0 Å². The van der Waals surface area contributed by atoms with E-state index < -0.39 is 0 Å². The van der Waals surface area contributed by atoms with Gasteiger partial charge in [-0.05, 0) is 64.3 Å². The SMILES string of the molecule is CCOc1ccc(CN2CCC(c3nnc(CN4CCCC4)n3C)CC2)cn1. The highest BCUT2D eigenvalue weighted by molar-refractivity contribution is 5.18. The normalized spacial score (nSPS) is 19.4. The van der Waals surface area contributed by atoms with Crippen molar-refractivity contribution in [3.05, 3.63) is 35.5 Å². The molecule has 152 valence electrons. The fourth-order valence-corrected chi connectivity index (χ4v) is 4.35. The summed E-state index contributed by atoms with van der Waals surface area (Å²) in [7, 11) is 2.14. The third-order valence-corrected chi connectivity index (χ3v) is 6.01. The van der Waals surface area contributed by atoms with Crippen molar-refractivity contribution < 1.29 is 4.74 Å². The van der Waals surface area contributed by atoms with E-state index in [0.29, 0.717) is 18.4 Å². The minimum Gasteiger partial charge on any atom is -0.478 e. The molecule has 4 rings (SSSR count). The lowest BCUT2D eigenvalue weighted by molar-refractivity contribution is 0.200. The monoisotopic (exact) mass is 384 g/mol. The molecule has 0 N–H and O–H groups in total. The van der Waals surface area contributed by atoms with Crippen molar-refractivity contribution in [3.8, 4) is 5.88 Å². The summed E-state index contributed by atoms with van der Waals surface area (Å²) in [4.78, 5) is 9.38. The highest BCUT2D eigenvalue weighted by atomic mass is 16.5. The maximum Gasteiger partial charge on any atom is 0.213 e. The highest BCUT2D eigenvalue weighted by Crippen LogP contribution is 2.28. The zero-order valence-electron chi connectivity index (χ0n) is 17.2. The van der Waals surface area contributed by atoms with Crippen LogP contribution in [0.4, 0.5) is 0 Å². The Hall–Kier alpha value is -1.99. The summed E-state index contributed by atoms with van der Waals surface area (Å²) >= 11 is 0. The molecule has 28 heavy (non-hydrogen) atoms. The zero-order valence-corrected chi connectivity index (χ0v) is 17.2. The molecule has 0 spiro atoms. The predicted octanol–water partition coefficient (Wildman–Crippen LogP) is 2.58. The molecule has 7 heteroatoms. The average Bonchev–Trinajstić information content (AvgIpc) is 3.35. The van der Waals surface area contributed by atoms with E-state index in [2.05, 4.69) is 42.7 Å². The van der Waals surface area contributed by atoms with Crippen LogP contribution >= 0.6 is 0 Å². The molecule has 2 fully saturated rings. The van der Waals surface area contributed by atoms with E-state index in [4.69, 9.17) is 4.74 Å². The third kappa shape index (κ3) is 4.52. The second-order valence-corrected chi connectivity index (χ2v) is 8.00. The molecular formula is C21H32N6O. The van der Waals surface area contributed by atoms with Crippen LogP contribution < -0.4 is 4.74 Å². The maximum atomic E-state index is 5.43. The number of pyridine rings is 1. The molecule has 2 aromatic heterocycles. The van der Waals surface area contributed by atoms with E-state index in [1.807, 2.05) is 19.2 Å². The standard InChI is InChI=1S/C21H32N6O/c1-3-28-20-7-6-17(14-22-20)15-27-12-8-18(9-13-27)21-24-23-19(25(21)2)16-26-10-4-5-11-26/h6-7,14,18H,3-5,8-13,15-16H2,1-2H3. The van der Waals surface area contributed by atoms with Gasteiger partial charge < -0.3 is 9.30 Å². The van der Waals surface area contributed by atoms with Gasteiger partial charge in [-0.15, -0.1) is 10.2 Å². The van der Waals surface area contributed by atoms with Gasteiger partial charge in [-0.25, -0.2) is 4.98 Å². The van der Waals surface area contributed by atoms with Crippen molar-refractivity contribution in [1.82, 2.24) is 29.5 Å². The maximum absolute atomic E-state index is 5.43.